The van der Waals surface area contributed by atoms with Crippen molar-refractivity contribution in [2.45, 2.75) is 40.7 Å². The molecule has 1 heterocycles. The number of esters is 1. The lowest BCUT2D eigenvalue weighted by Crippen LogP contribution is -2.20. The summed E-state index contributed by atoms with van der Waals surface area (Å²) in [5, 5.41) is 1.75. The topological polar surface area (TPSA) is 65.4 Å². The van der Waals surface area contributed by atoms with Gasteiger partial charge >= 0.3 is 10.8 Å². The minimum Gasteiger partial charge on any atom is -0.457 e. The summed E-state index contributed by atoms with van der Waals surface area (Å²) in [6.07, 6.45) is 0.0661. The molecule has 0 aliphatic carbocycles. The molecular formula is C18H21NO4S. The molecule has 0 bridgehead atoms. The average molecular weight is 347 g/mol. The van der Waals surface area contributed by atoms with Crippen LogP contribution in [0.2, 0.25) is 0 Å². The van der Waals surface area contributed by atoms with E-state index in [0.29, 0.717) is 5.56 Å². The van der Waals surface area contributed by atoms with E-state index in [1.165, 1.54) is 4.57 Å². The average Bonchev–Trinajstić information content (AvgIpc) is 2.80. The number of nitrogens with zero attached hydrogens (tertiary/aromatic N) is 1. The SMILES string of the molecule is Cc1cc(C)c(C(=O)COC(=O)CCn2c(C)csc2=O)c(C)c1. The van der Waals surface area contributed by atoms with Gasteiger partial charge in [-0.05, 0) is 38.8 Å². The van der Waals surface area contributed by atoms with Crippen molar-refractivity contribution in [3.05, 3.63) is 55.1 Å². The Labute approximate surface area is 144 Å². The first-order valence-corrected chi connectivity index (χ1v) is 8.59. The third-order valence-corrected chi connectivity index (χ3v) is 4.72. The number of benzene rings is 1. The molecule has 0 fully saturated rings. The Hall–Kier alpha value is -2.21. The van der Waals surface area contributed by atoms with Crippen LogP contribution in [0.5, 0.6) is 0 Å². The summed E-state index contributed by atoms with van der Waals surface area (Å²) in [7, 11) is 0. The van der Waals surface area contributed by atoms with Crippen molar-refractivity contribution in [1.82, 2.24) is 4.57 Å². The number of ketones is 1. The first-order chi connectivity index (χ1) is 11.3. The molecule has 0 aliphatic heterocycles. The molecule has 128 valence electrons. The van der Waals surface area contributed by atoms with Gasteiger partial charge in [-0.15, -0.1) is 0 Å². The Balaban J connectivity index is 1.92. The molecule has 0 unspecified atom stereocenters. The molecule has 5 nitrogen and oxygen atoms in total. The maximum absolute atomic E-state index is 12.3. The quantitative estimate of drug-likeness (QED) is 0.595. The highest BCUT2D eigenvalue weighted by Gasteiger charge is 2.15. The molecule has 0 saturated heterocycles. The lowest BCUT2D eigenvalue weighted by molar-refractivity contribution is -0.142. The Kier molecular flexibility index (Phi) is 5.72. The molecule has 0 spiro atoms. The molecule has 0 atom stereocenters. The summed E-state index contributed by atoms with van der Waals surface area (Å²) in [6, 6.07) is 3.88. The van der Waals surface area contributed by atoms with Gasteiger partial charge in [0.2, 0.25) is 5.78 Å². The summed E-state index contributed by atoms with van der Waals surface area (Å²) in [5.41, 5.74) is 4.29. The fraction of sp³-hybridized carbons (Fsp3) is 0.389. The molecule has 0 aliphatic rings. The molecule has 0 amide bonds. The molecule has 2 aromatic rings. The summed E-state index contributed by atoms with van der Waals surface area (Å²) >= 11 is 1.10. The lowest BCUT2D eigenvalue weighted by Gasteiger charge is -2.11. The number of thiazole rings is 1. The fourth-order valence-corrected chi connectivity index (χ4v) is 3.55. The smallest absolute Gasteiger partial charge is 0.308 e. The minimum absolute atomic E-state index is 0.0661. The number of Topliss-reactive ketones (excluding diaryl/α,β-unsaturated/α-hetero) is 1. The predicted octanol–water partition coefficient (Wildman–Crippen LogP) is 2.96. The Morgan fingerprint density at radius 1 is 1.12 bits per heavy atom. The highest BCUT2D eigenvalue weighted by molar-refractivity contribution is 7.07. The van der Waals surface area contributed by atoms with Gasteiger partial charge in [0.15, 0.2) is 6.61 Å². The highest BCUT2D eigenvalue weighted by Crippen LogP contribution is 2.17. The van der Waals surface area contributed by atoms with Crippen LogP contribution in [0.1, 0.15) is 39.2 Å². The molecule has 6 heteroatoms. The van der Waals surface area contributed by atoms with E-state index in [0.717, 1.165) is 33.7 Å². The maximum Gasteiger partial charge on any atom is 0.308 e. The maximum atomic E-state index is 12.3. The van der Waals surface area contributed by atoms with Crippen molar-refractivity contribution in [2.24, 2.45) is 0 Å². The van der Waals surface area contributed by atoms with Gasteiger partial charge in [-0.2, -0.15) is 0 Å². The van der Waals surface area contributed by atoms with Gasteiger partial charge in [0.25, 0.3) is 0 Å². The van der Waals surface area contributed by atoms with Gasteiger partial charge in [0.05, 0.1) is 6.42 Å². The predicted molar refractivity (Wildman–Crippen MR) is 93.9 cm³/mol. The summed E-state index contributed by atoms with van der Waals surface area (Å²) in [5.74, 6) is -0.689. The van der Waals surface area contributed by atoms with Gasteiger partial charge < -0.3 is 9.30 Å². The number of hydrogen-bond donors (Lipinski definition) is 0. The van der Waals surface area contributed by atoms with Crippen molar-refractivity contribution < 1.29 is 14.3 Å². The second kappa shape index (κ2) is 7.57. The summed E-state index contributed by atoms with van der Waals surface area (Å²) in [6.45, 7) is 7.53. The van der Waals surface area contributed by atoms with Gasteiger partial charge in [-0.25, -0.2) is 0 Å². The van der Waals surface area contributed by atoms with E-state index in [2.05, 4.69) is 0 Å². The van der Waals surface area contributed by atoms with Crippen LogP contribution in [-0.2, 0) is 16.1 Å². The van der Waals surface area contributed by atoms with Crippen LogP contribution in [0, 0.1) is 27.7 Å². The van der Waals surface area contributed by atoms with Crippen LogP contribution in [0.4, 0.5) is 0 Å². The van der Waals surface area contributed by atoms with Gasteiger partial charge in [0.1, 0.15) is 0 Å². The molecule has 24 heavy (non-hydrogen) atoms. The molecule has 0 N–H and O–H groups in total. The van der Waals surface area contributed by atoms with Gasteiger partial charge in [-0.3, -0.25) is 14.4 Å². The number of carbonyl (C=O) groups is 2. The van der Waals surface area contributed by atoms with Crippen LogP contribution in [0.15, 0.2) is 22.3 Å². The monoisotopic (exact) mass is 347 g/mol. The van der Waals surface area contributed by atoms with Crippen molar-refractivity contribution >= 4 is 23.1 Å². The van der Waals surface area contributed by atoms with E-state index >= 15 is 0 Å². The molecule has 1 aromatic heterocycles. The summed E-state index contributed by atoms with van der Waals surface area (Å²) in [4.78, 5) is 35.6. The number of hydrogen-bond acceptors (Lipinski definition) is 5. The van der Waals surface area contributed by atoms with E-state index in [4.69, 9.17) is 4.74 Å². The van der Waals surface area contributed by atoms with Crippen LogP contribution >= 0.6 is 11.3 Å². The second-order valence-corrected chi connectivity index (χ2v) is 6.72. The second-order valence-electron chi connectivity index (χ2n) is 5.90. The van der Waals surface area contributed by atoms with Gasteiger partial charge in [0, 0.05) is 23.2 Å². The number of carbonyl (C=O) groups excluding carboxylic acids is 2. The molecule has 2 rings (SSSR count). The van der Waals surface area contributed by atoms with Crippen LogP contribution in [0.3, 0.4) is 0 Å². The van der Waals surface area contributed by atoms with Crippen molar-refractivity contribution in [3.8, 4) is 0 Å². The number of aryl methyl sites for hydroxylation is 4. The Morgan fingerprint density at radius 3 is 2.29 bits per heavy atom. The van der Waals surface area contributed by atoms with Gasteiger partial charge in [-0.1, -0.05) is 29.0 Å². The number of rotatable bonds is 6. The zero-order valence-electron chi connectivity index (χ0n) is 14.3. The minimum atomic E-state index is -0.483. The van der Waals surface area contributed by atoms with E-state index < -0.39 is 5.97 Å². The summed E-state index contributed by atoms with van der Waals surface area (Å²) < 4.78 is 6.61. The van der Waals surface area contributed by atoms with Crippen LogP contribution in [0.25, 0.3) is 0 Å². The Bertz CT molecular complexity index is 809. The highest BCUT2D eigenvalue weighted by atomic mass is 32.1. The fourth-order valence-electron chi connectivity index (χ4n) is 2.79. The molecule has 0 saturated carbocycles. The molecular weight excluding hydrogens is 326 g/mol. The normalized spacial score (nSPS) is 10.7. The van der Waals surface area contributed by atoms with E-state index in [1.807, 2.05) is 39.8 Å². The lowest BCUT2D eigenvalue weighted by atomic mass is 9.97. The standard InChI is InChI=1S/C18H21NO4S/c1-11-7-12(2)17(13(3)8-11)15(20)9-23-16(21)5-6-19-14(4)10-24-18(19)22/h7-8,10H,5-6,9H2,1-4H3. The van der Waals surface area contributed by atoms with E-state index in [1.54, 1.807) is 5.38 Å². The van der Waals surface area contributed by atoms with Crippen LogP contribution in [-0.4, -0.2) is 22.9 Å². The van der Waals surface area contributed by atoms with Crippen molar-refractivity contribution in [1.29, 1.82) is 0 Å². The molecule has 1 aromatic carbocycles. The third kappa shape index (κ3) is 4.20. The van der Waals surface area contributed by atoms with Crippen molar-refractivity contribution in [3.63, 3.8) is 0 Å². The van der Waals surface area contributed by atoms with E-state index in [-0.39, 0.29) is 30.2 Å². The zero-order chi connectivity index (χ0) is 17.9. The number of ether oxygens (including phenoxy) is 1. The van der Waals surface area contributed by atoms with E-state index in [9.17, 15) is 14.4 Å². The first-order valence-electron chi connectivity index (χ1n) is 7.71. The zero-order valence-corrected chi connectivity index (χ0v) is 15.2. The molecule has 0 radical (unpaired) electrons. The largest absolute Gasteiger partial charge is 0.457 e. The van der Waals surface area contributed by atoms with Crippen LogP contribution < -0.4 is 4.87 Å². The third-order valence-electron chi connectivity index (χ3n) is 3.84. The van der Waals surface area contributed by atoms with Crippen molar-refractivity contribution in [2.75, 3.05) is 6.61 Å². The first kappa shape index (κ1) is 18.1. The Morgan fingerprint density at radius 2 is 1.75 bits per heavy atom. The number of aromatic nitrogens is 1.